The number of aliphatic carboxylic acids is 1. The lowest BCUT2D eigenvalue weighted by Crippen LogP contribution is -2.28. The van der Waals surface area contributed by atoms with Crippen molar-refractivity contribution in [1.82, 2.24) is 5.32 Å². The van der Waals surface area contributed by atoms with Crippen molar-refractivity contribution in [2.45, 2.75) is 26.2 Å². The first kappa shape index (κ1) is 13.0. The highest BCUT2D eigenvalue weighted by atomic mass is 16.5. The lowest BCUT2D eigenvalue weighted by atomic mass is 10.3. The molecule has 0 heterocycles. The number of carboxylic acids is 1. The van der Waals surface area contributed by atoms with Crippen molar-refractivity contribution in [2.75, 3.05) is 19.8 Å². The second-order valence-corrected chi connectivity index (χ2v) is 4.04. The third-order valence-electron chi connectivity index (χ3n) is 2.56. The van der Waals surface area contributed by atoms with Crippen LogP contribution in [0.2, 0.25) is 0 Å². The van der Waals surface area contributed by atoms with E-state index in [-0.39, 0.29) is 11.8 Å². The lowest BCUT2D eigenvalue weighted by Gasteiger charge is -2.04. The molecule has 5 heteroatoms. The smallest absolute Gasteiger partial charge is 0.307 e. The van der Waals surface area contributed by atoms with E-state index in [2.05, 4.69) is 5.32 Å². The molecule has 0 spiro atoms. The molecule has 0 aromatic rings. The van der Waals surface area contributed by atoms with Gasteiger partial charge < -0.3 is 15.2 Å². The summed E-state index contributed by atoms with van der Waals surface area (Å²) in [5.41, 5.74) is 0. The molecule has 5 nitrogen and oxygen atoms in total. The number of nitrogens with one attached hydrogen (secondary N) is 1. The summed E-state index contributed by atoms with van der Waals surface area (Å²) in [6.07, 6.45) is 2.25. The first-order valence-corrected chi connectivity index (χ1v) is 5.75. The molecule has 0 saturated heterocycles. The number of carboxylic acid groups (broad SMARTS) is 1. The number of carbonyl (C=O) groups is 2. The fourth-order valence-electron chi connectivity index (χ4n) is 1.52. The average molecular weight is 229 g/mol. The largest absolute Gasteiger partial charge is 0.481 e. The van der Waals surface area contributed by atoms with Gasteiger partial charge in [0.05, 0.1) is 11.8 Å². The van der Waals surface area contributed by atoms with Gasteiger partial charge in [0.15, 0.2) is 0 Å². The number of carbonyl (C=O) groups excluding carboxylic acids is 1. The second-order valence-electron chi connectivity index (χ2n) is 4.04. The summed E-state index contributed by atoms with van der Waals surface area (Å²) in [5, 5.41) is 11.4. The minimum absolute atomic E-state index is 0.136. The molecular weight excluding hydrogens is 210 g/mol. The maximum absolute atomic E-state index is 11.4. The summed E-state index contributed by atoms with van der Waals surface area (Å²) in [6.45, 7) is 3.99. The molecule has 0 bridgehead atoms. The predicted molar refractivity (Wildman–Crippen MR) is 58.0 cm³/mol. The average Bonchev–Trinajstić information content (AvgIpc) is 3.02. The Balaban J connectivity index is 1.98. The molecule has 2 N–H and O–H groups in total. The number of amides is 1. The van der Waals surface area contributed by atoms with Crippen LogP contribution in [0.5, 0.6) is 0 Å². The molecule has 0 radical (unpaired) electrons. The quantitative estimate of drug-likeness (QED) is 0.599. The van der Waals surface area contributed by atoms with E-state index in [1.165, 1.54) is 0 Å². The molecular formula is C11H19NO4. The molecule has 1 aliphatic carbocycles. The topological polar surface area (TPSA) is 75.6 Å². The van der Waals surface area contributed by atoms with E-state index < -0.39 is 11.9 Å². The third kappa shape index (κ3) is 4.18. The molecule has 2 atom stereocenters. The summed E-state index contributed by atoms with van der Waals surface area (Å²) in [4.78, 5) is 21.9. The molecule has 1 amide bonds. The van der Waals surface area contributed by atoms with E-state index in [1.54, 1.807) is 0 Å². The van der Waals surface area contributed by atoms with Gasteiger partial charge in [-0.05, 0) is 19.3 Å². The highest BCUT2D eigenvalue weighted by Gasteiger charge is 2.48. The Kier molecular flexibility index (Phi) is 5.25. The van der Waals surface area contributed by atoms with Gasteiger partial charge in [0.2, 0.25) is 5.91 Å². The molecule has 0 aromatic carbocycles. The van der Waals surface area contributed by atoms with Crippen LogP contribution in [-0.2, 0) is 14.3 Å². The summed E-state index contributed by atoms with van der Waals surface area (Å²) < 4.78 is 5.25. The zero-order chi connectivity index (χ0) is 12.0. The van der Waals surface area contributed by atoms with Crippen molar-refractivity contribution in [3.8, 4) is 0 Å². The highest BCUT2D eigenvalue weighted by Crippen LogP contribution is 2.38. The third-order valence-corrected chi connectivity index (χ3v) is 2.56. The van der Waals surface area contributed by atoms with Crippen molar-refractivity contribution < 1.29 is 19.4 Å². The normalized spacial score (nSPS) is 22.8. The summed E-state index contributed by atoms with van der Waals surface area (Å²) in [5.74, 6) is -1.78. The van der Waals surface area contributed by atoms with Crippen molar-refractivity contribution >= 4 is 11.9 Å². The van der Waals surface area contributed by atoms with E-state index in [0.717, 1.165) is 19.4 Å². The molecule has 16 heavy (non-hydrogen) atoms. The van der Waals surface area contributed by atoms with Crippen LogP contribution in [0.1, 0.15) is 26.2 Å². The fourth-order valence-corrected chi connectivity index (χ4v) is 1.52. The van der Waals surface area contributed by atoms with Crippen molar-refractivity contribution in [2.24, 2.45) is 11.8 Å². The van der Waals surface area contributed by atoms with Gasteiger partial charge in [-0.25, -0.2) is 0 Å². The molecule has 2 unspecified atom stereocenters. The Bertz CT molecular complexity index is 254. The molecule has 1 aliphatic rings. The van der Waals surface area contributed by atoms with Crippen LogP contribution in [0, 0.1) is 11.8 Å². The summed E-state index contributed by atoms with van der Waals surface area (Å²) >= 11 is 0. The van der Waals surface area contributed by atoms with Gasteiger partial charge in [0.25, 0.3) is 0 Å². The van der Waals surface area contributed by atoms with Gasteiger partial charge in [-0.3, -0.25) is 9.59 Å². The number of rotatable bonds is 8. The van der Waals surface area contributed by atoms with E-state index in [0.29, 0.717) is 19.6 Å². The first-order chi connectivity index (χ1) is 7.66. The van der Waals surface area contributed by atoms with Crippen molar-refractivity contribution in [3.63, 3.8) is 0 Å². The van der Waals surface area contributed by atoms with Crippen molar-refractivity contribution in [3.05, 3.63) is 0 Å². The molecule has 1 rings (SSSR count). The maximum atomic E-state index is 11.4. The number of hydrogen-bond donors (Lipinski definition) is 2. The van der Waals surface area contributed by atoms with Crippen LogP contribution in [0.4, 0.5) is 0 Å². The van der Waals surface area contributed by atoms with Crippen LogP contribution >= 0.6 is 0 Å². The van der Waals surface area contributed by atoms with Gasteiger partial charge in [-0.2, -0.15) is 0 Å². The molecule has 1 saturated carbocycles. The van der Waals surface area contributed by atoms with Crippen LogP contribution in [0.25, 0.3) is 0 Å². The van der Waals surface area contributed by atoms with E-state index in [4.69, 9.17) is 9.84 Å². The molecule has 1 fully saturated rings. The number of hydrogen-bond acceptors (Lipinski definition) is 3. The van der Waals surface area contributed by atoms with Gasteiger partial charge in [0.1, 0.15) is 0 Å². The minimum atomic E-state index is -0.869. The molecule has 92 valence electrons. The Labute approximate surface area is 95.2 Å². The Hall–Kier alpha value is -1.10. The standard InChI is InChI=1S/C11H19NO4/c1-2-5-16-6-3-4-12-10(13)8-7-9(8)11(14)15/h8-9H,2-7H2,1H3,(H,12,13)(H,14,15). The number of ether oxygens (including phenoxy) is 1. The van der Waals surface area contributed by atoms with Crippen LogP contribution in [-0.4, -0.2) is 36.7 Å². The maximum Gasteiger partial charge on any atom is 0.307 e. The predicted octanol–water partition coefficient (Wildman–Crippen LogP) is 0.640. The molecule has 0 aliphatic heterocycles. The zero-order valence-electron chi connectivity index (χ0n) is 9.57. The summed E-state index contributed by atoms with van der Waals surface area (Å²) in [6, 6.07) is 0. The van der Waals surface area contributed by atoms with Crippen molar-refractivity contribution in [1.29, 1.82) is 0 Å². The van der Waals surface area contributed by atoms with E-state index in [9.17, 15) is 9.59 Å². The SMILES string of the molecule is CCCOCCCNC(=O)C1CC1C(=O)O. The van der Waals surface area contributed by atoms with Gasteiger partial charge in [-0.15, -0.1) is 0 Å². The zero-order valence-corrected chi connectivity index (χ0v) is 9.57. The van der Waals surface area contributed by atoms with E-state index >= 15 is 0 Å². The Morgan fingerprint density at radius 1 is 1.38 bits per heavy atom. The van der Waals surface area contributed by atoms with E-state index in [1.807, 2.05) is 6.92 Å². The lowest BCUT2D eigenvalue weighted by molar-refractivity contribution is -0.140. The van der Waals surface area contributed by atoms with Gasteiger partial charge in [-0.1, -0.05) is 6.92 Å². The van der Waals surface area contributed by atoms with Crippen LogP contribution < -0.4 is 5.32 Å². The second kappa shape index (κ2) is 6.48. The summed E-state index contributed by atoms with van der Waals surface area (Å²) in [7, 11) is 0. The Morgan fingerprint density at radius 2 is 2.12 bits per heavy atom. The first-order valence-electron chi connectivity index (χ1n) is 5.75. The van der Waals surface area contributed by atoms with Crippen LogP contribution in [0.3, 0.4) is 0 Å². The Morgan fingerprint density at radius 3 is 2.69 bits per heavy atom. The van der Waals surface area contributed by atoms with Crippen LogP contribution in [0.15, 0.2) is 0 Å². The minimum Gasteiger partial charge on any atom is -0.481 e. The monoisotopic (exact) mass is 229 g/mol. The molecule has 0 aromatic heterocycles. The highest BCUT2D eigenvalue weighted by molar-refractivity contribution is 5.89. The van der Waals surface area contributed by atoms with Gasteiger partial charge >= 0.3 is 5.97 Å². The van der Waals surface area contributed by atoms with Gasteiger partial charge in [0, 0.05) is 19.8 Å². The fraction of sp³-hybridized carbons (Fsp3) is 0.818.